The van der Waals surface area contributed by atoms with Gasteiger partial charge in [0.25, 0.3) is 0 Å². The van der Waals surface area contributed by atoms with Gasteiger partial charge >= 0.3 is 6.18 Å². The van der Waals surface area contributed by atoms with Crippen LogP contribution in [0.5, 0.6) is 0 Å². The van der Waals surface area contributed by atoms with Crippen LogP contribution in [0.15, 0.2) is 48.1 Å². The molecule has 1 N–H and O–H groups in total. The third-order valence-electron chi connectivity index (χ3n) is 7.33. The second-order valence-corrected chi connectivity index (χ2v) is 9.40. The molecule has 0 amide bonds. The summed E-state index contributed by atoms with van der Waals surface area (Å²) in [5.74, 6) is -0.00204. The minimum atomic E-state index is -4.31. The summed E-state index contributed by atoms with van der Waals surface area (Å²) in [6.07, 6.45) is 1.38. The molecule has 0 saturated carbocycles. The van der Waals surface area contributed by atoms with Crippen LogP contribution < -0.4 is 5.32 Å². The lowest BCUT2D eigenvalue weighted by molar-refractivity contribution is -0.0932. The first-order chi connectivity index (χ1) is 15.8. The van der Waals surface area contributed by atoms with Crippen LogP contribution in [0.1, 0.15) is 37.4 Å². The average molecular weight is 464 g/mol. The van der Waals surface area contributed by atoms with E-state index in [0.29, 0.717) is 12.6 Å². The summed E-state index contributed by atoms with van der Waals surface area (Å²) < 4.78 is 44.9. The Hall–Kier alpha value is -1.67. The molecule has 1 aromatic carbocycles. The molecule has 0 spiro atoms. The first-order valence-corrected chi connectivity index (χ1v) is 12.2. The van der Waals surface area contributed by atoms with Crippen molar-refractivity contribution in [2.45, 2.75) is 51.1 Å². The van der Waals surface area contributed by atoms with Gasteiger partial charge < -0.3 is 10.1 Å². The first kappa shape index (κ1) is 24.5. The number of halogens is 3. The first-order valence-electron chi connectivity index (χ1n) is 12.2. The maximum absolute atomic E-state index is 13.1. The van der Waals surface area contributed by atoms with Crippen molar-refractivity contribution in [2.24, 2.45) is 5.92 Å². The van der Waals surface area contributed by atoms with Crippen molar-refractivity contribution in [1.82, 2.24) is 15.1 Å². The number of piperazine rings is 1. The highest BCUT2D eigenvalue weighted by molar-refractivity contribution is 5.32. The molecule has 0 bridgehead atoms. The van der Waals surface area contributed by atoms with Crippen molar-refractivity contribution < 1.29 is 17.9 Å². The highest BCUT2D eigenvalue weighted by atomic mass is 19.4. The average Bonchev–Trinajstić information content (AvgIpc) is 2.83. The summed E-state index contributed by atoms with van der Waals surface area (Å²) >= 11 is 0. The number of hydrogen-bond acceptors (Lipinski definition) is 4. The molecule has 182 valence electrons. The number of nitrogens with zero attached hydrogens (tertiary/aromatic N) is 2. The molecule has 4 rings (SSSR count). The largest absolute Gasteiger partial charge is 0.416 e. The third kappa shape index (κ3) is 6.07. The minimum Gasteiger partial charge on any atom is -0.373 e. The third-order valence-corrected chi connectivity index (χ3v) is 7.33. The van der Waals surface area contributed by atoms with Crippen LogP contribution in [0, 0.1) is 5.92 Å². The predicted molar refractivity (Wildman–Crippen MR) is 125 cm³/mol. The molecule has 4 atom stereocenters. The maximum atomic E-state index is 13.1. The molecule has 4 nitrogen and oxygen atoms in total. The van der Waals surface area contributed by atoms with E-state index in [1.54, 1.807) is 6.08 Å². The van der Waals surface area contributed by atoms with Crippen LogP contribution in [0.25, 0.3) is 0 Å². The summed E-state index contributed by atoms with van der Waals surface area (Å²) in [5, 5.41) is 3.65. The van der Waals surface area contributed by atoms with E-state index in [1.807, 2.05) is 0 Å². The van der Waals surface area contributed by atoms with Crippen molar-refractivity contribution in [3.63, 3.8) is 0 Å². The number of benzene rings is 1. The molecule has 7 heteroatoms. The van der Waals surface area contributed by atoms with E-state index >= 15 is 0 Å². The smallest absolute Gasteiger partial charge is 0.373 e. The molecule has 33 heavy (non-hydrogen) atoms. The van der Waals surface area contributed by atoms with Crippen molar-refractivity contribution in [3.05, 3.63) is 59.2 Å². The van der Waals surface area contributed by atoms with E-state index in [9.17, 15) is 13.2 Å². The monoisotopic (exact) mass is 463 g/mol. The standard InChI is InChI=1S/C26H36F3N3O/c1-3-20-5-4-6-21(17-20)19(2)30-10-11-31-12-14-32(15-13-31)24-9-16-33-25-18-22(26(27,28)29)7-8-23(24)25/h4-8,17-19,23-25,30H,3,9-16H2,1-2H3. The Morgan fingerprint density at radius 1 is 1.18 bits per heavy atom. The number of nitrogens with one attached hydrogen (secondary N) is 1. The van der Waals surface area contributed by atoms with Gasteiger partial charge in [0.1, 0.15) is 0 Å². The number of alkyl halides is 3. The summed E-state index contributed by atoms with van der Waals surface area (Å²) in [4.78, 5) is 4.94. The fourth-order valence-corrected chi connectivity index (χ4v) is 5.26. The topological polar surface area (TPSA) is 27.7 Å². The number of ether oxygens (including phenoxy) is 1. The van der Waals surface area contributed by atoms with E-state index < -0.39 is 17.9 Å². The Kier molecular flexibility index (Phi) is 7.95. The normalized spacial score (nSPS) is 27.8. The maximum Gasteiger partial charge on any atom is 0.416 e. The van der Waals surface area contributed by atoms with E-state index in [-0.39, 0.29) is 12.0 Å². The fraction of sp³-hybridized carbons (Fsp3) is 0.615. The SMILES string of the molecule is CCc1cccc(C(C)NCCN2CCN(C3CCOC4C=C(C(F)(F)F)C=CC43)CC2)c1. The molecule has 2 aliphatic heterocycles. The van der Waals surface area contributed by atoms with Crippen molar-refractivity contribution in [2.75, 3.05) is 45.9 Å². The molecule has 4 unspecified atom stereocenters. The van der Waals surface area contributed by atoms with Crippen molar-refractivity contribution in [1.29, 1.82) is 0 Å². The van der Waals surface area contributed by atoms with Gasteiger partial charge in [-0.2, -0.15) is 13.2 Å². The van der Waals surface area contributed by atoms with Gasteiger partial charge in [0.15, 0.2) is 0 Å². The van der Waals surface area contributed by atoms with Crippen LogP contribution in [0.4, 0.5) is 13.2 Å². The Balaban J connectivity index is 1.23. The number of rotatable bonds is 7. The molecule has 0 aromatic heterocycles. The summed E-state index contributed by atoms with van der Waals surface area (Å²) in [5.41, 5.74) is 2.11. The quantitative estimate of drug-likeness (QED) is 0.651. The highest BCUT2D eigenvalue weighted by Gasteiger charge is 2.41. The van der Waals surface area contributed by atoms with Gasteiger partial charge in [0.2, 0.25) is 0 Å². The van der Waals surface area contributed by atoms with E-state index in [0.717, 1.165) is 52.1 Å². The fourth-order valence-electron chi connectivity index (χ4n) is 5.26. The molecule has 1 aliphatic carbocycles. The van der Waals surface area contributed by atoms with E-state index in [1.165, 1.54) is 23.3 Å². The molecule has 2 heterocycles. The molecular formula is C26H36F3N3O. The Morgan fingerprint density at radius 3 is 2.70 bits per heavy atom. The minimum absolute atomic E-state index is 0.00204. The van der Waals surface area contributed by atoms with Gasteiger partial charge in [0.05, 0.1) is 11.7 Å². The second-order valence-electron chi connectivity index (χ2n) is 9.40. The number of fused-ring (bicyclic) bond motifs is 1. The Bertz CT molecular complexity index is 845. The van der Waals surface area contributed by atoms with Gasteiger partial charge in [-0.15, -0.1) is 0 Å². The van der Waals surface area contributed by atoms with Crippen LogP contribution in [0.2, 0.25) is 0 Å². The molecule has 1 aromatic rings. The molecule has 2 fully saturated rings. The van der Waals surface area contributed by atoms with Gasteiger partial charge in [-0.05, 0) is 37.0 Å². The van der Waals surface area contributed by atoms with E-state index in [4.69, 9.17) is 4.74 Å². The lowest BCUT2D eigenvalue weighted by Gasteiger charge is -2.46. The second kappa shape index (κ2) is 10.7. The van der Waals surface area contributed by atoms with Crippen molar-refractivity contribution >= 4 is 0 Å². The lowest BCUT2D eigenvalue weighted by atomic mass is 9.83. The van der Waals surface area contributed by atoms with Crippen molar-refractivity contribution in [3.8, 4) is 0 Å². The van der Waals surface area contributed by atoms with Crippen LogP contribution >= 0.6 is 0 Å². The summed E-state index contributed by atoms with van der Waals surface area (Å²) in [6.45, 7) is 10.7. The molecule has 3 aliphatic rings. The Labute approximate surface area is 195 Å². The predicted octanol–water partition coefficient (Wildman–Crippen LogP) is 4.35. The zero-order chi connectivity index (χ0) is 23.4. The number of hydrogen-bond donors (Lipinski definition) is 1. The van der Waals surface area contributed by atoms with Gasteiger partial charge in [-0.25, -0.2) is 0 Å². The van der Waals surface area contributed by atoms with E-state index in [2.05, 4.69) is 53.2 Å². The zero-order valence-electron chi connectivity index (χ0n) is 19.7. The van der Waals surface area contributed by atoms with Crippen LogP contribution in [0.3, 0.4) is 0 Å². The lowest BCUT2D eigenvalue weighted by Crippen LogP contribution is -2.56. The summed E-state index contributed by atoms with van der Waals surface area (Å²) in [6, 6.07) is 9.34. The number of allylic oxidation sites excluding steroid dienone is 2. The zero-order valence-corrected chi connectivity index (χ0v) is 19.7. The van der Waals surface area contributed by atoms with Gasteiger partial charge in [0, 0.05) is 63.9 Å². The van der Waals surface area contributed by atoms with Gasteiger partial charge in [-0.1, -0.05) is 43.3 Å². The molecule has 0 radical (unpaired) electrons. The van der Waals surface area contributed by atoms with Crippen LogP contribution in [-0.2, 0) is 11.2 Å². The van der Waals surface area contributed by atoms with Crippen LogP contribution in [-0.4, -0.2) is 74.0 Å². The Morgan fingerprint density at radius 2 is 1.97 bits per heavy atom. The number of aryl methyl sites for hydroxylation is 1. The molecule has 2 saturated heterocycles. The summed E-state index contributed by atoms with van der Waals surface area (Å²) in [7, 11) is 0. The molecular weight excluding hydrogens is 427 g/mol. The van der Waals surface area contributed by atoms with Gasteiger partial charge in [-0.3, -0.25) is 9.80 Å². The highest BCUT2D eigenvalue weighted by Crippen LogP contribution is 2.37.